The summed E-state index contributed by atoms with van der Waals surface area (Å²) in [6, 6.07) is 0. The predicted octanol–water partition coefficient (Wildman–Crippen LogP) is 3.33. The van der Waals surface area contributed by atoms with Gasteiger partial charge in [0.15, 0.2) is 0 Å². The number of hydrogen-bond acceptors (Lipinski definition) is 1. The number of carbonyl (C=O) groups excluding carboxylic acids is 1. The molecule has 1 heteroatoms. The molecule has 1 aliphatic rings. The first-order valence-electron chi connectivity index (χ1n) is 5.37. The monoisotopic (exact) mass is 168 g/mol. The van der Waals surface area contributed by atoms with E-state index in [0.29, 0.717) is 11.7 Å². The molecule has 0 heterocycles. The first kappa shape index (κ1) is 9.76. The van der Waals surface area contributed by atoms with E-state index in [1.165, 1.54) is 19.3 Å². The van der Waals surface area contributed by atoms with Crippen LogP contribution in [0.1, 0.15) is 58.3 Å². The zero-order valence-corrected chi connectivity index (χ0v) is 8.14. The Kier molecular flexibility index (Phi) is 4.34. The summed E-state index contributed by atoms with van der Waals surface area (Å²) in [6.07, 6.45) is 9.32. The fraction of sp³-hybridized carbons (Fsp3) is 0.909. The maximum absolute atomic E-state index is 11.6. The normalized spacial score (nSPS) is 26.4. The summed E-state index contributed by atoms with van der Waals surface area (Å²) in [6.45, 7) is 2.17. The second-order valence-corrected chi connectivity index (χ2v) is 3.90. The van der Waals surface area contributed by atoms with Gasteiger partial charge >= 0.3 is 0 Å². The molecule has 0 aliphatic heterocycles. The molecule has 0 radical (unpaired) electrons. The van der Waals surface area contributed by atoms with E-state index in [9.17, 15) is 4.79 Å². The van der Waals surface area contributed by atoms with Gasteiger partial charge in [-0.05, 0) is 19.3 Å². The van der Waals surface area contributed by atoms with E-state index in [2.05, 4.69) is 6.92 Å². The second kappa shape index (κ2) is 5.34. The van der Waals surface area contributed by atoms with Crippen LogP contribution in [-0.4, -0.2) is 5.78 Å². The maximum Gasteiger partial charge on any atom is 0.135 e. The Morgan fingerprint density at radius 3 is 2.75 bits per heavy atom. The lowest BCUT2D eigenvalue weighted by molar-refractivity contribution is -0.123. The summed E-state index contributed by atoms with van der Waals surface area (Å²) in [5.41, 5.74) is 0. The van der Waals surface area contributed by atoms with Crippen molar-refractivity contribution in [1.29, 1.82) is 0 Å². The zero-order valence-electron chi connectivity index (χ0n) is 8.14. The molecule has 1 rings (SSSR count). The molecule has 1 fully saturated rings. The van der Waals surface area contributed by atoms with Crippen molar-refractivity contribution in [2.45, 2.75) is 58.3 Å². The average molecular weight is 168 g/mol. The molecule has 1 saturated carbocycles. The third kappa shape index (κ3) is 2.96. The van der Waals surface area contributed by atoms with Gasteiger partial charge < -0.3 is 0 Å². The third-order valence-electron chi connectivity index (χ3n) is 2.82. The van der Waals surface area contributed by atoms with E-state index in [1.807, 2.05) is 0 Å². The van der Waals surface area contributed by atoms with Crippen molar-refractivity contribution in [3.8, 4) is 0 Å². The van der Waals surface area contributed by atoms with Crippen molar-refractivity contribution in [1.82, 2.24) is 0 Å². The van der Waals surface area contributed by atoms with Gasteiger partial charge in [0.05, 0.1) is 0 Å². The highest BCUT2D eigenvalue weighted by atomic mass is 16.1. The minimum Gasteiger partial charge on any atom is -0.299 e. The van der Waals surface area contributed by atoms with Crippen LogP contribution in [0.2, 0.25) is 0 Å². The van der Waals surface area contributed by atoms with E-state index >= 15 is 0 Å². The summed E-state index contributed by atoms with van der Waals surface area (Å²) < 4.78 is 0. The van der Waals surface area contributed by atoms with Crippen LogP contribution in [0, 0.1) is 5.92 Å². The number of rotatable bonds is 2. The Hall–Kier alpha value is -0.330. The predicted molar refractivity (Wildman–Crippen MR) is 51.1 cm³/mol. The molecule has 1 nitrogen and oxygen atoms in total. The van der Waals surface area contributed by atoms with Crippen molar-refractivity contribution >= 4 is 5.78 Å². The lowest BCUT2D eigenvalue weighted by Crippen LogP contribution is -2.15. The molecule has 0 bridgehead atoms. The molecule has 70 valence electrons. The number of ketones is 1. The van der Waals surface area contributed by atoms with Crippen LogP contribution in [-0.2, 0) is 4.79 Å². The van der Waals surface area contributed by atoms with E-state index in [-0.39, 0.29) is 0 Å². The minimum atomic E-state index is 0.412. The molecule has 0 aromatic carbocycles. The summed E-state index contributed by atoms with van der Waals surface area (Å²) in [5, 5.41) is 0. The maximum atomic E-state index is 11.6. The number of carbonyl (C=O) groups is 1. The standard InChI is InChI=1S/C11H20O/c1-2-7-10-8-5-3-4-6-9-11(10)12/h10H,2-9H2,1H3. The van der Waals surface area contributed by atoms with Crippen LogP contribution < -0.4 is 0 Å². The molecule has 0 saturated heterocycles. The molecular weight excluding hydrogens is 148 g/mol. The minimum absolute atomic E-state index is 0.412. The van der Waals surface area contributed by atoms with Crippen LogP contribution >= 0.6 is 0 Å². The van der Waals surface area contributed by atoms with Gasteiger partial charge in [0.25, 0.3) is 0 Å². The van der Waals surface area contributed by atoms with Crippen LogP contribution in [0.5, 0.6) is 0 Å². The Labute approximate surface area is 75.5 Å². The van der Waals surface area contributed by atoms with Gasteiger partial charge in [0.2, 0.25) is 0 Å². The van der Waals surface area contributed by atoms with Gasteiger partial charge in [0, 0.05) is 12.3 Å². The quantitative estimate of drug-likeness (QED) is 0.618. The van der Waals surface area contributed by atoms with Gasteiger partial charge in [0.1, 0.15) is 5.78 Å². The lowest BCUT2D eigenvalue weighted by Gasteiger charge is -2.17. The topological polar surface area (TPSA) is 17.1 Å². The van der Waals surface area contributed by atoms with E-state index in [1.54, 1.807) is 0 Å². The first-order chi connectivity index (χ1) is 5.84. The van der Waals surface area contributed by atoms with Crippen molar-refractivity contribution in [2.75, 3.05) is 0 Å². The Morgan fingerprint density at radius 2 is 2.00 bits per heavy atom. The molecule has 0 amide bonds. The van der Waals surface area contributed by atoms with Crippen LogP contribution in [0.25, 0.3) is 0 Å². The van der Waals surface area contributed by atoms with Crippen molar-refractivity contribution < 1.29 is 4.79 Å². The average Bonchev–Trinajstić information content (AvgIpc) is 2.05. The molecule has 1 atom stereocenters. The highest BCUT2D eigenvalue weighted by molar-refractivity contribution is 5.80. The van der Waals surface area contributed by atoms with Gasteiger partial charge in [-0.25, -0.2) is 0 Å². The molecular formula is C11H20O. The molecule has 0 spiro atoms. The molecule has 1 unspecified atom stereocenters. The fourth-order valence-corrected chi connectivity index (χ4v) is 2.06. The second-order valence-electron chi connectivity index (χ2n) is 3.90. The summed E-state index contributed by atoms with van der Waals surface area (Å²) in [7, 11) is 0. The molecule has 0 aromatic heterocycles. The largest absolute Gasteiger partial charge is 0.299 e. The van der Waals surface area contributed by atoms with Crippen molar-refractivity contribution in [3.05, 3.63) is 0 Å². The lowest BCUT2D eigenvalue weighted by atomic mass is 9.87. The molecule has 0 aromatic rings. The Balaban J connectivity index is 2.37. The highest BCUT2D eigenvalue weighted by Crippen LogP contribution is 2.22. The third-order valence-corrected chi connectivity index (χ3v) is 2.82. The molecule has 0 N–H and O–H groups in total. The van der Waals surface area contributed by atoms with Gasteiger partial charge in [-0.15, -0.1) is 0 Å². The van der Waals surface area contributed by atoms with Crippen LogP contribution in [0.15, 0.2) is 0 Å². The summed E-state index contributed by atoms with van der Waals surface area (Å²) in [4.78, 5) is 11.6. The summed E-state index contributed by atoms with van der Waals surface area (Å²) in [5.74, 6) is 0.951. The SMILES string of the molecule is CCCC1CCCCCCC1=O. The Bertz CT molecular complexity index is 140. The molecule has 12 heavy (non-hydrogen) atoms. The zero-order chi connectivity index (χ0) is 8.81. The highest BCUT2D eigenvalue weighted by Gasteiger charge is 2.18. The van der Waals surface area contributed by atoms with Gasteiger partial charge in [-0.3, -0.25) is 4.79 Å². The molecule has 1 aliphatic carbocycles. The Morgan fingerprint density at radius 1 is 1.25 bits per heavy atom. The fourth-order valence-electron chi connectivity index (χ4n) is 2.06. The van der Waals surface area contributed by atoms with Crippen molar-refractivity contribution in [2.24, 2.45) is 5.92 Å². The van der Waals surface area contributed by atoms with Crippen molar-refractivity contribution in [3.63, 3.8) is 0 Å². The van der Waals surface area contributed by atoms with E-state index in [4.69, 9.17) is 0 Å². The number of Topliss-reactive ketones (excluding diaryl/α,β-unsaturated/α-hetero) is 1. The van der Waals surface area contributed by atoms with Crippen LogP contribution in [0.4, 0.5) is 0 Å². The smallest absolute Gasteiger partial charge is 0.135 e. The summed E-state index contributed by atoms with van der Waals surface area (Å²) >= 11 is 0. The van der Waals surface area contributed by atoms with E-state index < -0.39 is 0 Å². The van der Waals surface area contributed by atoms with Gasteiger partial charge in [-0.1, -0.05) is 32.6 Å². The van der Waals surface area contributed by atoms with Crippen LogP contribution in [0.3, 0.4) is 0 Å². The first-order valence-corrected chi connectivity index (χ1v) is 5.37. The number of hydrogen-bond donors (Lipinski definition) is 0. The van der Waals surface area contributed by atoms with E-state index in [0.717, 1.165) is 32.1 Å². The van der Waals surface area contributed by atoms with Gasteiger partial charge in [-0.2, -0.15) is 0 Å².